The molecule has 10 heavy (non-hydrogen) atoms. The van der Waals surface area contributed by atoms with Gasteiger partial charge in [-0.1, -0.05) is 0 Å². The van der Waals surface area contributed by atoms with Crippen molar-refractivity contribution in [2.45, 2.75) is 6.18 Å². The van der Waals surface area contributed by atoms with Crippen molar-refractivity contribution in [3.05, 3.63) is 5.73 Å². The van der Waals surface area contributed by atoms with Gasteiger partial charge in [-0.3, -0.25) is 0 Å². The smallest absolute Gasteiger partial charge is 0.492 e. The second kappa shape index (κ2) is 5.36. The molecule has 0 radical (unpaired) electrons. The molecule has 0 aromatic rings. The van der Waals surface area contributed by atoms with Gasteiger partial charge in [-0.25, -0.2) is 0 Å². The van der Waals surface area contributed by atoms with Crippen molar-refractivity contribution < 1.29 is 69.3 Å². The van der Waals surface area contributed by atoms with E-state index in [-0.39, 0.29) is 51.4 Å². The van der Waals surface area contributed by atoms with E-state index in [1.165, 1.54) is 0 Å². The van der Waals surface area contributed by atoms with Crippen molar-refractivity contribution in [3.63, 3.8) is 0 Å². The third kappa shape index (κ3) is 11.5. The third-order valence-electron chi connectivity index (χ3n) is 0.380. The Morgan fingerprint density at radius 2 is 1.90 bits per heavy atom. The fraction of sp³-hybridized carbons (Fsp3) is 0.667. The standard InChI is InChI=1S/C3H4F3N2O.K/c4-3(5,6)1-9-2(7)8;/h1H2,(H2-,7,8);/q-1;+1. The van der Waals surface area contributed by atoms with E-state index in [1.807, 2.05) is 0 Å². The van der Waals surface area contributed by atoms with Crippen molar-refractivity contribution in [3.8, 4) is 0 Å². The molecule has 0 saturated carbocycles. The summed E-state index contributed by atoms with van der Waals surface area (Å²) in [7, 11) is 0. The first kappa shape index (κ1) is 13.3. The van der Waals surface area contributed by atoms with Gasteiger partial charge < -0.3 is 15.9 Å². The molecule has 0 aromatic carbocycles. The van der Waals surface area contributed by atoms with Crippen LogP contribution in [0.15, 0.2) is 0 Å². The summed E-state index contributed by atoms with van der Waals surface area (Å²) >= 11 is 0. The van der Waals surface area contributed by atoms with Crippen LogP contribution in [0.2, 0.25) is 0 Å². The normalized spacial score (nSPS) is 9.90. The molecule has 3 nitrogen and oxygen atoms in total. The topological polar surface area (TPSA) is 56.9 Å². The van der Waals surface area contributed by atoms with Gasteiger partial charge in [-0.05, 0) is 0 Å². The van der Waals surface area contributed by atoms with Gasteiger partial charge in [0.15, 0.2) is 6.61 Å². The molecule has 54 valence electrons. The molecule has 0 spiro atoms. The summed E-state index contributed by atoms with van der Waals surface area (Å²) in [6, 6.07) is -1.17. The Morgan fingerprint density at radius 1 is 1.50 bits per heavy atom. The maximum absolute atomic E-state index is 11.1. The molecule has 0 bridgehead atoms. The zero-order valence-corrected chi connectivity index (χ0v) is 8.37. The molecule has 0 saturated heterocycles. The predicted molar refractivity (Wildman–Crippen MR) is 24.1 cm³/mol. The van der Waals surface area contributed by atoms with Crippen molar-refractivity contribution in [1.82, 2.24) is 0 Å². The maximum atomic E-state index is 11.1. The van der Waals surface area contributed by atoms with E-state index in [0.29, 0.717) is 0 Å². The molecule has 0 aliphatic heterocycles. The van der Waals surface area contributed by atoms with Crippen molar-refractivity contribution in [2.75, 3.05) is 6.61 Å². The molecule has 0 aliphatic carbocycles. The fourth-order valence-electron chi connectivity index (χ4n) is 0.154. The van der Waals surface area contributed by atoms with E-state index < -0.39 is 18.8 Å². The van der Waals surface area contributed by atoms with E-state index in [1.54, 1.807) is 0 Å². The summed E-state index contributed by atoms with van der Waals surface area (Å²) in [5.74, 6) is 0. The molecular weight excluding hydrogens is 176 g/mol. The summed E-state index contributed by atoms with van der Waals surface area (Å²) in [6.07, 6.45) is -4.45. The van der Waals surface area contributed by atoms with Crippen LogP contribution in [0.25, 0.3) is 5.73 Å². The summed E-state index contributed by atoms with van der Waals surface area (Å²) in [5, 5.41) is 6.12. The van der Waals surface area contributed by atoms with E-state index in [9.17, 15) is 13.2 Å². The first-order chi connectivity index (χ1) is 3.92. The van der Waals surface area contributed by atoms with Crippen LogP contribution in [0, 0.1) is 5.41 Å². The van der Waals surface area contributed by atoms with Crippen LogP contribution in [0.5, 0.6) is 0 Å². The maximum Gasteiger partial charge on any atom is 1.00 e. The van der Waals surface area contributed by atoms with E-state index in [4.69, 9.17) is 11.1 Å². The molecular formula is C3H4F3KN2O. The van der Waals surface area contributed by atoms with Crippen molar-refractivity contribution in [2.24, 2.45) is 0 Å². The molecule has 0 fully saturated rings. The number of nitrogens with one attached hydrogen (secondary N) is 2. The minimum atomic E-state index is -4.45. The number of amidine groups is 1. The second-order valence-corrected chi connectivity index (χ2v) is 1.23. The Kier molecular flexibility index (Phi) is 7.13. The molecule has 0 amide bonds. The Bertz CT molecular complexity index is 115. The van der Waals surface area contributed by atoms with E-state index >= 15 is 0 Å². The second-order valence-electron chi connectivity index (χ2n) is 1.23. The number of rotatable bonds is 1. The van der Waals surface area contributed by atoms with Crippen LogP contribution in [0.4, 0.5) is 13.2 Å². The van der Waals surface area contributed by atoms with Gasteiger partial charge in [0.25, 0.3) is 0 Å². The van der Waals surface area contributed by atoms with Gasteiger partial charge in [-0.2, -0.15) is 13.2 Å². The van der Waals surface area contributed by atoms with Gasteiger partial charge in [-0.15, -0.1) is 0 Å². The average molecular weight is 180 g/mol. The molecule has 0 heterocycles. The Morgan fingerprint density at radius 3 is 2.00 bits per heavy atom. The first-order valence-corrected chi connectivity index (χ1v) is 1.91. The number of hydrogen-bond donors (Lipinski definition) is 1. The van der Waals surface area contributed by atoms with Gasteiger partial charge in [0.05, 0.1) is 6.02 Å². The SMILES string of the molecule is N=C([NH-])OCC(F)(F)F.[K+]. The van der Waals surface area contributed by atoms with Gasteiger partial charge in [0, 0.05) is 0 Å². The van der Waals surface area contributed by atoms with Crippen LogP contribution < -0.4 is 51.4 Å². The summed E-state index contributed by atoms with van der Waals surface area (Å²) in [5.41, 5.74) is 6.12. The van der Waals surface area contributed by atoms with Crippen LogP contribution in [0.1, 0.15) is 0 Å². The largest absolute Gasteiger partial charge is 1.00 e. The average Bonchev–Trinajstić information content (AvgIpc) is 1.59. The number of alkyl halides is 3. The van der Waals surface area contributed by atoms with Crippen LogP contribution in [-0.2, 0) is 4.74 Å². The minimum absolute atomic E-state index is 0. The third-order valence-corrected chi connectivity index (χ3v) is 0.380. The molecule has 0 rings (SSSR count). The van der Waals surface area contributed by atoms with Gasteiger partial charge >= 0.3 is 57.6 Å². The predicted octanol–water partition coefficient (Wildman–Crippen LogP) is -1.44. The van der Waals surface area contributed by atoms with Crippen LogP contribution >= 0.6 is 0 Å². The summed E-state index contributed by atoms with van der Waals surface area (Å²) in [4.78, 5) is 0. The number of halogens is 3. The molecule has 2 N–H and O–H groups in total. The minimum Gasteiger partial charge on any atom is -0.492 e. The Labute approximate surface area is 98.0 Å². The Balaban J connectivity index is 0. The zero-order chi connectivity index (χ0) is 7.49. The van der Waals surface area contributed by atoms with E-state index in [2.05, 4.69) is 4.74 Å². The number of ether oxygens (including phenoxy) is 1. The van der Waals surface area contributed by atoms with Crippen molar-refractivity contribution >= 4 is 6.02 Å². The molecule has 7 heteroatoms. The summed E-state index contributed by atoms with van der Waals surface area (Å²) < 4.78 is 36.9. The summed E-state index contributed by atoms with van der Waals surface area (Å²) in [6.45, 7) is -1.56. The van der Waals surface area contributed by atoms with Gasteiger partial charge in [0.2, 0.25) is 0 Å². The number of hydrogen-bond acceptors (Lipinski definition) is 2. The first-order valence-electron chi connectivity index (χ1n) is 1.91. The fourth-order valence-corrected chi connectivity index (χ4v) is 0.154. The molecule has 0 unspecified atom stereocenters. The Hall–Kier alpha value is 0.696. The zero-order valence-electron chi connectivity index (χ0n) is 5.25. The van der Waals surface area contributed by atoms with Gasteiger partial charge in [0.1, 0.15) is 0 Å². The molecule has 0 aliphatic rings. The molecule has 0 atom stereocenters. The molecule has 0 aromatic heterocycles. The van der Waals surface area contributed by atoms with Crippen LogP contribution in [0.3, 0.4) is 0 Å². The quantitative estimate of drug-likeness (QED) is 0.300. The van der Waals surface area contributed by atoms with E-state index in [0.717, 1.165) is 0 Å². The van der Waals surface area contributed by atoms with Crippen molar-refractivity contribution in [1.29, 1.82) is 5.41 Å². The monoisotopic (exact) mass is 180 g/mol. The van der Waals surface area contributed by atoms with Crippen LogP contribution in [-0.4, -0.2) is 18.8 Å².